The van der Waals surface area contributed by atoms with E-state index in [9.17, 15) is 36.3 Å². The third-order valence-corrected chi connectivity index (χ3v) is 7.06. The van der Waals surface area contributed by atoms with Gasteiger partial charge in [0.05, 0.1) is 18.7 Å². The van der Waals surface area contributed by atoms with Gasteiger partial charge in [0.25, 0.3) is 0 Å². The summed E-state index contributed by atoms with van der Waals surface area (Å²) in [7, 11) is 0. The SMILES string of the molecule is NCCCC1C(=O)N(Cc2cc(F)ccc2F)CC2N(C(=O)OCCc3ccccc3C(F)(F)F)CCC(=O)N12. The molecule has 0 aliphatic carbocycles. The molecule has 2 aliphatic rings. The number of carbonyl (C=O) groups excluding carboxylic acids is 3. The van der Waals surface area contributed by atoms with Crippen LogP contribution in [-0.4, -0.2) is 71.1 Å². The second kappa shape index (κ2) is 12.2. The van der Waals surface area contributed by atoms with Crippen LogP contribution in [0.2, 0.25) is 0 Å². The lowest BCUT2D eigenvalue weighted by Gasteiger charge is -2.51. The second-order valence-corrected chi connectivity index (χ2v) is 9.65. The molecule has 0 saturated carbocycles. The Morgan fingerprint density at radius 1 is 1.07 bits per heavy atom. The molecule has 2 aliphatic heterocycles. The molecule has 2 atom stereocenters. The van der Waals surface area contributed by atoms with Crippen LogP contribution >= 0.6 is 0 Å². The summed E-state index contributed by atoms with van der Waals surface area (Å²) in [5.74, 6) is -2.25. The number of halogens is 5. The Balaban J connectivity index is 1.53. The Bertz CT molecular complexity index is 1260. The predicted octanol–water partition coefficient (Wildman–Crippen LogP) is 3.67. The van der Waals surface area contributed by atoms with Crippen molar-refractivity contribution in [3.8, 4) is 0 Å². The number of nitrogens with two attached hydrogens (primary N) is 1. The van der Waals surface area contributed by atoms with E-state index in [4.69, 9.17) is 10.5 Å². The molecule has 2 fully saturated rings. The number of nitrogens with zero attached hydrogens (tertiary/aromatic N) is 3. The quantitative estimate of drug-likeness (QED) is 0.491. The van der Waals surface area contributed by atoms with Crippen molar-refractivity contribution in [3.05, 3.63) is 70.8 Å². The summed E-state index contributed by atoms with van der Waals surface area (Å²) in [5.41, 5.74) is 4.70. The molecule has 2 saturated heterocycles. The molecule has 13 heteroatoms. The van der Waals surface area contributed by atoms with Crippen LogP contribution in [0.1, 0.15) is 36.0 Å². The van der Waals surface area contributed by atoms with E-state index >= 15 is 0 Å². The van der Waals surface area contributed by atoms with Gasteiger partial charge < -0.3 is 20.3 Å². The van der Waals surface area contributed by atoms with Crippen LogP contribution in [0, 0.1) is 11.6 Å². The van der Waals surface area contributed by atoms with E-state index in [1.165, 1.54) is 32.9 Å². The normalized spacial score (nSPS) is 19.6. The largest absolute Gasteiger partial charge is 0.449 e. The number of ether oxygens (including phenoxy) is 1. The minimum atomic E-state index is -4.56. The number of carbonyl (C=O) groups is 3. The van der Waals surface area contributed by atoms with Gasteiger partial charge in [-0.05, 0) is 49.2 Å². The minimum absolute atomic E-state index is 0.0355. The molecule has 3 amide bonds. The molecule has 2 heterocycles. The van der Waals surface area contributed by atoms with E-state index in [1.807, 2.05) is 0 Å². The number of amides is 3. The molecule has 2 unspecified atom stereocenters. The van der Waals surface area contributed by atoms with Gasteiger partial charge in [-0.25, -0.2) is 13.6 Å². The van der Waals surface area contributed by atoms with E-state index in [-0.39, 0.29) is 69.1 Å². The number of rotatable bonds is 8. The van der Waals surface area contributed by atoms with Crippen LogP contribution < -0.4 is 5.73 Å². The number of benzene rings is 2. The van der Waals surface area contributed by atoms with E-state index in [0.717, 1.165) is 24.3 Å². The highest BCUT2D eigenvalue weighted by molar-refractivity contribution is 5.90. The first-order valence-corrected chi connectivity index (χ1v) is 12.8. The monoisotopic (exact) mass is 568 g/mol. The zero-order valence-electron chi connectivity index (χ0n) is 21.5. The molecule has 0 bridgehead atoms. The fourth-order valence-electron chi connectivity index (χ4n) is 5.14. The van der Waals surface area contributed by atoms with Gasteiger partial charge in [0, 0.05) is 31.5 Å². The van der Waals surface area contributed by atoms with Crippen LogP contribution in [0.25, 0.3) is 0 Å². The van der Waals surface area contributed by atoms with Crippen molar-refractivity contribution in [3.63, 3.8) is 0 Å². The first-order valence-electron chi connectivity index (χ1n) is 12.8. The van der Waals surface area contributed by atoms with Crippen molar-refractivity contribution in [2.24, 2.45) is 5.73 Å². The Labute approximate surface area is 227 Å². The fraction of sp³-hybridized carbons (Fsp3) is 0.444. The van der Waals surface area contributed by atoms with E-state index < -0.39 is 47.6 Å². The Hall–Kier alpha value is -3.74. The van der Waals surface area contributed by atoms with Crippen molar-refractivity contribution >= 4 is 17.9 Å². The molecule has 40 heavy (non-hydrogen) atoms. The third-order valence-electron chi connectivity index (χ3n) is 7.06. The Kier molecular flexibility index (Phi) is 8.92. The molecule has 216 valence electrons. The van der Waals surface area contributed by atoms with Crippen molar-refractivity contribution in [1.29, 1.82) is 0 Å². The van der Waals surface area contributed by atoms with Gasteiger partial charge in [-0.3, -0.25) is 14.5 Å². The molecule has 0 spiro atoms. The third kappa shape index (κ3) is 6.35. The van der Waals surface area contributed by atoms with Gasteiger partial charge in [-0.15, -0.1) is 0 Å². The van der Waals surface area contributed by atoms with Crippen LogP contribution in [-0.2, 0) is 33.5 Å². The number of piperazine rings is 1. The summed E-state index contributed by atoms with van der Waals surface area (Å²) < 4.78 is 73.4. The molecule has 0 radical (unpaired) electrons. The van der Waals surface area contributed by atoms with Gasteiger partial charge in [0.1, 0.15) is 23.8 Å². The lowest BCUT2D eigenvalue weighted by Crippen LogP contribution is -2.71. The van der Waals surface area contributed by atoms with Crippen LogP contribution in [0.4, 0.5) is 26.7 Å². The summed E-state index contributed by atoms with van der Waals surface area (Å²) in [6, 6.07) is 6.86. The highest BCUT2D eigenvalue weighted by Crippen LogP contribution is 2.32. The summed E-state index contributed by atoms with van der Waals surface area (Å²) in [5, 5.41) is 0. The average Bonchev–Trinajstić information content (AvgIpc) is 2.90. The highest BCUT2D eigenvalue weighted by atomic mass is 19.4. The standard InChI is InChI=1S/C27H29F5N4O4/c28-19-7-8-21(29)18(14-19)15-34-16-23-35(12-9-24(37)36(23)22(25(34)38)6-3-11-33)26(39)40-13-10-17-4-1-2-5-20(17)27(30,31)32/h1-2,4-5,7-8,14,22-23H,3,6,9-13,15-16,33H2. The summed E-state index contributed by atoms with van der Waals surface area (Å²) in [6.45, 7) is -0.641. The highest BCUT2D eigenvalue weighted by Gasteiger charge is 2.49. The van der Waals surface area contributed by atoms with Gasteiger partial charge in [-0.2, -0.15) is 13.2 Å². The minimum Gasteiger partial charge on any atom is -0.449 e. The maximum atomic E-state index is 14.4. The molecule has 2 aromatic rings. The second-order valence-electron chi connectivity index (χ2n) is 9.65. The van der Waals surface area contributed by atoms with Crippen LogP contribution in [0.15, 0.2) is 42.5 Å². The van der Waals surface area contributed by atoms with Gasteiger partial charge in [-0.1, -0.05) is 18.2 Å². The van der Waals surface area contributed by atoms with Gasteiger partial charge >= 0.3 is 12.3 Å². The number of hydrogen-bond acceptors (Lipinski definition) is 5. The summed E-state index contributed by atoms with van der Waals surface area (Å²) in [6.07, 6.45) is -6.09. The number of fused-ring (bicyclic) bond motifs is 1. The maximum Gasteiger partial charge on any atom is 0.416 e. The lowest BCUT2D eigenvalue weighted by atomic mass is 9.99. The molecule has 8 nitrogen and oxygen atoms in total. The van der Waals surface area contributed by atoms with Crippen molar-refractivity contribution in [1.82, 2.24) is 14.7 Å². The van der Waals surface area contributed by atoms with Crippen LogP contribution in [0.5, 0.6) is 0 Å². The van der Waals surface area contributed by atoms with E-state index in [2.05, 4.69) is 0 Å². The first-order chi connectivity index (χ1) is 19.0. The summed E-state index contributed by atoms with van der Waals surface area (Å²) >= 11 is 0. The summed E-state index contributed by atoms with van der Waals surface area (Å²) in [4.78, 5) is 43.3. The van der Waals surface area contributed by atoms with E-state index in [1.54, 1.807) is 0 Å². The Morgan fingerprint density at radius 2 is 1.82 bits per heavy atom. The molecule has 4 rings (SSSR count). The molecule has 2 N–H and O–H groups in total. The number of alkyl halides is 3. The smallest absolute Gasteiger partial charge is 0.416 e. The lowest BCUT2D eigenvalue weighted by molar-refractivity contribution is -0.169. The number of hydrogen-bond donors (Lipinski definition) is 1. The van der Waals surface area contributed by atoms with E-state index in [0.29, 0.717) is 6.42 Å². The molecular formula is C27H29F5N4O4. The predicted molar refractivity (Wildman–Crippen MR) is 132 cm³/mol. The molecule has 2 aromatic carbocycles. The maximum absolute atomic E-state index is 14.4. The molecular weight excluding hydrogens is 539 g/mol. The van der Waals surface area contributed by atoms with Gasteiger partial charge in [0.2, 0.25) is 11.8 Å². The zero-order valence-corrected chi connectivity index (χ0v) is 21.5. The van der Waals surface area contributed by atoms with Crippen LogP contribution in [0.3, 0.4) is 0 Å². The fourth-order valence-corrected chi connectivity index (χ4v) is 5.14. The van der Waals surface area contributed by atoms with Crippen molar-refractivity contribution in [2.45, 2.75) is 50.6 Å². The van der Waals surface area contributed by atoms with Gasteiger partial charge in [0.15, 0.2) is 0 Å². The first kappa shape index (κ1) is 29.2. The van der Waals surface area contributed by atoms with Crippen molar-refractivity contribution < 1.29 is 41.1 Å². The topological polar surface area (TPSA) is 96.2 Å². The molecule has 0 aromatic heterocycles. The average molecular weight is 569 g/mol. The van der Waals surface area contributed by atoms with Crippen molar-refractivity contribution in [2.75, 3.05) is 26.2 Å². The zero-order chi connectivity index (χ0) is 29.0. The Morgan fingerprint density at radius 3 is 2.55 bits per heavy atom.